The first-order chi connectivity index (χ1) is 13.9. The van der Waals surface area contributed by atoms with Crippen molar-refractivity contribution in [3.05, 3.63) is 35.7 Å². The fourth-order valence-electron chi connectivity index (χ4n) is 4.28. The number of nitrogens with one attached hydrogen (secondary N) is 1. The first-order valence-electron chi connectivity index (χ1n) is 10.2. The van der Waals surface area contributed by atoms with Crippen molar-refractivity contribution in [2.75, 3.05) is 0 Å². The monoisotopic (exact) mass is 423 g/mol. The molecule has 0 bridgehead atoms. The van der Waals surface area contributed by atoms with Gasteiger partial charge in [0.25, 0.3) is 0 Å². The third-order valence-corrected chi connectivity index (χ3v) is 5.76. The number of aliphatic hydroxyl groups is 1. The molecule has 0 radical (unpaired) electrons. The summed E-state index contributed by atoms with van der Waals surface area (Å²) < 4.78 is 40.2. The Kier molecular flexibility index (Phi) is 6.09. The number of fused-ring (bicyclic) bond motifs is 1. The summed E-state index contributed by atoms with van der Waals surface area (Å²) >= 11 is 0. The largest absolute Gasteiger partial charge is 0.418 e. The van der Waals surface area contributed by atoms with E-state index >= 15 is 0 Å². The highest BCUT2D eigenvalue weighted by Crippen LogP contribution is 2.41. The number of amides is 1. The molecule has 1 aromatic heterocycles. The van der Waals surface area contributed by atoms with Gasteiger partial charge < -0.3 is 10.4 Å². The van der Waals surface area contributed by atoms with Crippen LogP contribution in [0, 0.1) is 11.3 Å². The molecule has 3 rings (SSSR count). The zero-order chi connectivity index (χ0) is 22.3. The van der Waals surface area contributed by atoms with E-state index < -0.39 is 29.2 Å². The number of aromatic nitrogens is 2. The lowest BCUT2D eigenvalue weighted by molar-refractivity contribution is -0.137. The van der Waals surface area contributed by atoms with Gasteiger partial charge in [-0.2, -0.15) is 13.2 Å². The quantitative estimate of drug-likeness (QED) is 0.765. The molecule has 1 saturated carbocycles. The second kappa shape index (κ2) is 8.13. The van der Waals surface area contributed by atoms with E-state index in [4.69, 9.17) is 0 Å². The highest BCUT2D eigenvalue weighted by Gasteiger charge is 2.37. The fourth-order valence-corrected chi connectivity index (χ4v) is 4.28. The highest BCUT2D eigenvalue weighted by atomic mass is 19.4. The molecule has 30 heavy (non-hydrogen) atoms. The van der Waals surface area contributed by atoms with Crippen LogP contribution in [0.25, 0.3) is 11.0 Å². The van der Waals surface area contributed by atoms with E-state index in [1.54, 1.807) is 20.8 Å². The van der Waals surface area contributed by atoms with Gasteiger partial charge in [0, 0.05) is 18.4 Å². The third kappa shape index (κ3) is 4.74. The minimum Gasteiger partial charge on any atom is -0.383 e. The Morgan fingerprint density at radius 3 is 2.33 bits per heavy atom. The second-order valence-electron chi connectivity index (χ2n) is 9.44. The minimum atomic E-state index is -4.51. The number of nitrogens with zero attached hydrogens (tertiary/aromatic N) is 2. The van der Waals surface area contributed by atoms with Crippen molar-refractivity contribution in [1.29, 1.82) is 0 Å². The first-order valence-corrected chi connectivity index (χ1v) is 10.2. The van der Waals surface area contributed by atoms with Crippen molar-refractivity contribution in [2.45, 2.75) is 71.2 Å². The molecule has 1 amide bonds. The standard InChI is InChI=1S/C22H28F3N3O2/c1-12-9-13(11-14(10-12)28-20(30)19(29)21(2,3)4)15-5-6-16(22(23,24)25)18-17(15)26-7-8-27-18/h5-8,12-14,19,29H,9-11H2,1-4H3,(H,28,30)/t12-,13+,14-,19?/m0/s1. The van der Waals surface area contributed by atoms with Crippen LogP contribution in [-0.4, -0.2) is 33.1 Å². The van der Waals surface area contributed by atoms with Crippen LogP contribution in [0.5, 0.6) is 0 Å². The molecule has 0 saturated heterocycles. The van der Waals surface area contributed by atoms with E-state index in [-0.39, 0.29) is 28.9 Å². The lowest BCUT2D eigenvalue weighted by Gasteiger charge is -2.36. The molecular weight excluding hydrogens is 395 g/mol. The molecule has 2 aromatic rings. The molecule has 5 nitrogen and oxygen atoms in total. The number of benzene rings is 1. The van der Waals surface area contributed by atoms with Crippen molar-refractivity contribution < 1.29 is 23.1 Å². The second-order valence-corrected chi connectivity index (χ2v) is 9.44. The molecule has 1 heterocycles. The first kappa shape index (κ1) is 22.5. The summed E-state index contributed by atoms with van der Waals surface area (Å²) in [5.41, 5.74) is -0.552. The molecule has 0 aliphatic heterocycles. The number of carbonyl (C=O) groups excluding carboxylic acids is 1. The molecule has 4 atom stereocenters. The van der Waals surface area contributed by atoms with Gasteiger partial charge in [0.15, 0.2) is 0 Å². The van der Waals surface area contributed by atoms with Gasteiger partial charge in [-0.25, -0.2) is 0 Å². The highest BCUT2D eigenvalue weighted by molar-refractivity contribution is 5.83. The number of halogens is 3. The summed E-state index contributed by atoms with van der Waals surface area (Å²) in [4.78, 5) is 20.6. The van der Waals surface area contributed by atoms with Crippen LogP contribution in [0.2, 0.25) is 0 Å². The maximum absolute atomic E-state index is 13.4. The molecule has 164 valence electrons. The van der Waals surface area contributed by atoms with Crippen LogP contribution < -0.4 is 5.32 Å². The summed E-state index contributed by atoms with van der Waals surface area (Å²) in [7, 11) is 0. The number of aliphatic hydroxyl groups excluding tert-OH is 1. The number of rotatable bonds is 3. The molecule has 1 aliphatic carbocycles. The smallest absolute Gasteiger partial charge is 0.383 e. The number of carbonyl (C=O) groups is 1. The van der Waals surface area contributed by atoms with Gasteiger partial charge in [0.2, 0.25) is 5.91 Å². The molecular formula is C22H28F3N3O2. The van der Waals surface area contributed by atoms with E-state index in [0.29, 0.717) is 12.0 Å². The van der Waals surface area contributed by atoms with E-state index in [1.807, 2.05) is 0 Å². The zero-order valence-corrected chi connectivity index (χ0v) is 17.6. The van der Waals surface area contributed by atoms with Gasteiger partial charge in [-0.1, -0.05) is 33.8 Å². The summed E-state index contributed by atoms with van der Waals surface area (Å²) in [5, 5.41) is 13.2. The van der Waals surface area contributed by atoms with E-state index in [1.165, 1.54) is 18.5 Å². The van der Waals surface area contributed by atoms with Crippen molar-refractivity contribution in [3.8, 4) is 0 Å². The maximum atomic E-state index is 13.4. The summed E-state index contributed by atoms with van der Waals surface area (Å²) in [6.45, 7) is 7.42. The van der Waals surface area contributed by atoms with Crippen molar-refractivity contribution in [3.63, 3.8) is 0 Å². The number of hydrogen-bond donors (Lipinski definition) is 2. The van der Waals surface area contributed by atoms with E-state index in [0.717, 1.165) is 18.9 Å². The fraction of sp³-hybridized carbons (Fsp3) is 0.591. The van der Waals surface area contributed by atoms with Gasteiger partial charge in [0.05, 0.1) is 11.1 Å². The van der Waals surface area contributed by atoms with Crippen molar-refractivity contribution >= 4 is 16.9 Å². The Balaban J connectivity index is 1.89. The Bertz CT molecular complexity index is 924. The molecule has 1 fully saturated rings. The molecule has 1 aliphatic rings. The minimum absolute atomic E-state index is 0.0627. The zero-order valence-electron chi connectivity index (χ0n) is 17.6. The molecule has 1 aromatic carbocycles. The van der Waals surface area contributed by atoms with Crippen molar-refractivity contribution in [1.82, 2.24) is 15.3 Å². The Labute approximate surface area is 174 Å². The van der Waals surface area contributed by atoms with Gasteiger partial charge in [-0.15, -0.1) is 0 Å². The van der Waals surface area contributed by atoms with Crippen LogP contribution in [0.1, 0.15) is 64.0 Å². The molecule has 2 N–H and O–H groups in total. The lowest BCUT2D eigenvalue weighted by atomic mass is 9.75. The predicted molar refractivity (Wildman–Crippen MR) is 108 cm³/mol. The average molecular weight is 423 g/mol. The van der Waals surface area contributed by atoms with Crippen LogP contribution in [0.15, 0.2) is 24.5 Å². The maximum Gasteiger partial charge on any atom is 0.418 e. The number of hydrogen-bond acceptors (Lipinski definition) is 4. The van der Waals surface area contributed by atoms with Crippen molar-refractivity contribution in [2.24, 2.45) is 11.3 Å². The molecule has 1 unspecified atom stereocenters. The average Bonchev–Trinajstić information content (AvgIpc) is 2.64. The van der Waals surface area contributed by atoms with Gasteiger partial charge >= 0.3 is 6.18 Å². The topological polar surface area (TPSA) is 75.1 Å². The third-order valence-electron chi connectivity index (χ3n) is 5.76. The Hall–Kier alpha value is -2.22. The lowest BCUT2D eigenvalue weighted by Crippen LogP contribution is -2.48. The SMILES string of the molecule is C[C@@H]1C[C@H](NC(=O)C(O)C(C)(C)C)C[C@H](c2ccc(C(F)(F)F)c3nccnc23)C1. The van der Waals surface area contributed by atoms with Gasteiger partial charge in [0.1, 0.15) is 11.6 Å². The molecule has 8 heteroatoms. The summed E-state index contributed by atoms with van der Waals surface area (Å²) in [6, 6.07) is 2.39. The Morgan fingerprint density at radius 1 is 1.10 bits per heavy atom. The normalized spacial score (nSPS) is 23.9. The van der Waals surface area contributed by atoms with Gasteiger partial charge in [-0.05, 0) is 48.1 Å². The number of alkyl halides is 3. The summed E-state index contributed by atoms with van der Waals surface area (Å²) in [6.07, 6.45) is -0.866. The Morgan fingerprint density at radius 2 is 1.73 bits per heavy atom. The van der Waals surface area contributed by atoms with E-state index in [2.05, 4.69) is 22.2 Å². The predicted octanol–water partition coefficient (Wildman–Crippen LogP) is 4.44. The molecule has 0 spiro atoms. The van der Waals surface area contributed by atoms with Gasteiger partial charge in [-0.3, -0.25) is 14.8 Å². The van der Waals surface area contributed by atoms with Crippen LogP contribution >= 0.6 is 0 Å². The van der Waals surface area contributed by atoms with Crippen LogP contribution in [0.3, 0.4) is 0 Å². The van der Waals surface area contributed by atoms with Crippen LogP contribution in [-0.2, 0) is 11.0 Å². The van der Waals surface area contributed by atoms with E-state index in [9.17, 15) is 23.1 Å². The summed E-state index contributed by atoms with van der Waals surface area (Å²) in [5.74, 6) is -0.223. The van der Waals surface area contributed by atoms with Crippen LogP contribution in [0.4, 0.5) is 13.2 Å².